The number of ether oxygens (including phenoxy) is 15. The number of hydrogen-bond donors (Lipinski definition) is 4. The van der Waals surface area contributed by atoms with Gasteiger partial charge in [-0.15, -0.1) is 0 Å². The summed E-state index contributed by atoms with van der Waals surface area (Å²) in [5.74, 6) is -3.44. The molecule has 16 aliphatic rings. The van der Waals surface area contributed by atoms with Crippen LogP contribution >= 0.6 is 0 Å². The molecule has 16 saturated heterocycles. The molecule has 3 spiro atoms. The molecule has 20 heteroatoms. The minimum Gasteiger partial charge on any atom is -0.459 e. The number of hydrogen-bond acceptors (Lipinski definition) is 20. The van der Waals surface area contributed by atoms with Gasteiger partial charge in [0, 0.05) is 63.7 Å². The fourth-order valence-electron chi connectivity index (χ4n) is 18.6. The van der Waals surface area contributed by atoms with Crippen LogP contribution in [0.3, 0.4) is 0 Å². The Morgan fingerprint density at radius 3 is 2.10 bits per heavy atom. The Labute approximate surface area is 474 Å². The molecule has 0 amide bonds. The van der Waals surface area contributed by atoms with Gasteiger partial charge < -0.3 is 91.5 Å². The van der Waals surface area contributed by atoms with Crippen LogP contribution in [0.15, 0.2) is 24.3 Å². The summed E-state index contributed by atoms with van der Waals surface area (Å²) in [7, 11) is 0. The third kappa shape index (κ3) is 9.29. The largest absolute Gasteiger partial charge is 0.459 e. The molecule has 0 aromatic carbocycles. The van der Waals surface area contributed by atoms with Crippen molar-refractivity contribution in [2.75, 3.05) is 6.61 Å². The molecule has 16 fully saturated rings. The van der Waals surface area contributed by atoms with E-state index in [-0.39, 0.29) is 116 Å². The van der Waals surface area contributed by atoms with E-state index in [9.17, 15) is 25.2 Å². The zero-order chi connectivity index (χ0) is 55.8. The first-order chi connectivity index (χ1) is 38.8. The smallest absolute Gasteiger partial charge is 0.308 e. The molecule has 4 N–H and O–H groups in total. The van der Waals surface area contributed by atoms with Crippen molar-refractivity contribution in [2.45, 2.75) is 319 Å². The van der Waals surface area contributed by atoms with Crippen LogP contribution in [-0.2, 0) is 75.8 Å². The van der Waals surface area contributed by atoms with Gasteiger partial charge >= 0.3 is 5.97 Å². The van der Waals surface area contributed by atoms with Crippen molar-refractivity contribution in [2.24, 2.45) is 23.7 Å². The summed E-state index contributed by atoms with van der Waals surface area (Å²) in [6.45, 7) is 19.2. The van der Waals surface area contributed by atoms with Gasteiger partial charge in [-0.3, -0.25) is 4.79 Å². The van der Waals surface area contributed by atoms with E-state index in [1.54, 1.807) is 0 Å². The molecule has 1 unspecified atom stereocenters. The third-order valence-electron chi connectivity index (χ3n) is 22.5. The highest BCUT2D eigenvalue weighted by Crippen LogP contribution is 2.60. The fraction of sp³-hybridized carbons (Fsp3) is 0.918. The quantitative estimate of drug-likeness (QED) is 0.227. The van der Waals surface area contributed by atoms with E-state index in [0.29, 0.717) is 77.0 Å². The van der Waals surface area contributed by atoms with Gasteiger partial charge in [0.1, 0.15) is 48.3 Å². The number of fused-ring (bicyclic) bond motifs is 10. The first-order valence-corrected chi connectivity index (χ1v) is 31.3. The van der Waals surface area contributed by atoms with E-state index in [1.165, 1.54) is 0 Å². The predicted octanol–water partition coefficient (Wildman–Crippen LogP) is 4.29. The lowest BCUT2D eigenvalue weighted by atomic mass is 9.79. The molecule has 0 aliphatic carbocycles. The maximum atomic E-state index is 14.6. The zero-order valence-corrected chi connectivity index (χ0v) is 47.7. The number of rotatable bonds is 4. The maximum Gasteiger partial charge on any atom is 0.308 e. The van der Waals surface area contributed by atoms with Crippen molar-refractivity contribution in [3.63, 3.8) is 0 Å². The number of aliphatic hydroxyl groups excluding tert-OH is 4. The minimum absolute atomic E-state index is 0.0117. The van der Waals surface area contributed by atoms with Gasteiger partial charge in [-0.1, -0.05) is 40.9 Å². The molecule has 0 radical (unpaired) electrons. The molecule has 0 saturated carbocycles. The Morgan fingerprint density at radius 1 is 0.568 bits per heavy atom. The van der Waals surface area contributed by atoms with Gasteiger partial charge in [0.25, 0.3) is 0 Å². The number of carbonyl (C=O) groups is 1. The molecule has 0 aromatic rings. The van der Waals surface area contributed by atoms with Crippen molar-refractivity contribution in [3.05, 3.63) is 24.3 Å². The second-order valence-electron chi connectivity index (χ2n) is 28.2. The zero-order valence-electron chi connectivity index (χ0n) is 47.7. The fourth-order valence-corrected chi connectivity index (χ4v) is 18.6. The molecule has 0 aromatic heterocycles. The number of carbonyl (C=O) groups excluding carboxylic acids is 1. The summed E-state index contributed by atoms with van der Waals surface area (Å²) in [5.41, 5.74) is 1.03. The van der Waals surface area contributed by atoms with Crippen molar-refractivity contribution >= 4 is 5.97 Å². The standard InChI is InChI=1S/C61H88O20/c1-26-14-33-8-10-37-27(2)15-35(67-37)12-13-61-57(66)58(7)56(81-61)55-54(78-58)53(80-61)52-38(71-55)11-9-34(69-52)17-47(65)74-51-31(6)50-43(70-42(51)18-39(68-33)30(26)5)20-41-45(73-50)23-60(75-41)24-46-49(79-60)29(4)22-59(77-46)21-28(3)48-44(76-59)19-40(72-48)36(64)16-32(63)25-62/h26,28-29,31-46,48-57,62-64,66H,2,5,8-25H2,1,3-4,6-7H3/t26-,28+,29+,31+,32-,33+,34-,35+,36+,37+,38+,39-,40+,41-,42+,43+,44+,45-,46+,48+,49+,50+,51-,52+,53+,54+,55-,56?,57-,58-,59-,60+,61-/m1/s1. The summed E-state index contributed by atoms with van der Waals surface area (Å²) in [5, 5.41) is 42.5. The monoisotopic (exact) mass is 1140 g/mol. The molecular weight excluding hydrogens is 1050 g/mol. The lowest BCUT2D eigenvalue weighted by Gasteiger charge is -2.50. The molecule has 12 bridgehead atoms. The maximum absolute atomic E-state index is 14.6. The summed E-state index contributed by atoms with van der Waals surface area (Å²) >= 11 is 0. The van der Waals surface area contributed by atoms with Crippen molar-refractivity contribution in [3.8, 4) is 0 Å². The lowest BCUT2D eigenvalue weighted by molar-refractivity contribution is -0.347. The highest BCUT2D eigenvalue weighted by molar-refractivity contribution is 5.70. The predicted molar refractivity (Wildman–Crippen MR) is 280 cm³/mol. The average molecular weight is 1140 g/mol. The van der Waals surface area contributed by atoms with Crippen LogP contribution in [0, 0.1) is 23.7 Å². The highest BCUT2D eigenvalue weighted by Gasteiger charge is 2.77. The van der Waals surface area contributed by atoms with Gasteiger partial charge in [-0.25, -0.2) is 0 Å². The molecule has 81 heavy (non-hydrogen) atoms. The van der Waals surface area contributed by atoms with Crippen molar-refractivity contribution < 1.29 is 96.3 Å². The SMILES string of the molecule is C=C1C[C@@H]2CC[C@]34OC5[C@@H]6O[C@H]7CC[C@H](CC(=O)O[C@@H]8[C@@H](C)[C@@H]9O[C@@H]%10C[C@]%11(C[C@@H]%12O[C@]%13(C[C@H](C)[C@@H]%14O[C@H]([C@@H](O)C[C@@H](O)CO)C[C@@H]%14O%13)C[C@H](C)[C@@H]%12O%11)O[C@@H]%10C[C@@H]9O[C@H]8C[C@H]8O[C@@H](CC[C@@H]1O2)C[C@@H](C)C8=C)O[C@@H]7[C@H](O3)[C@@H]6O[C@@]5(C)[C@H]4O. The van der Waals surface area contributed by atoms with E-state index in [1.807, 2.05) is 6.92 Å². The van der Waals surface area contributed by atoms with Gasteiger partial charge in [0.15, 0.2) is 17.4 Å². The van der Waals surface area contributed by atoms with Crippen LogP contribution in [0.5, 0.6) is 0 Å². The molecule has 20 nitrogen and oxygen atoms in total. The topological polar surface area (TPSA) is 236 Å². The Hall–Kier alpha value is -1.77. The molecular formula is C61H88O20. The Bertz CT molecular complexity index is 2430. The Kier molecular flexibility index (Phi) is 14.1. The molecule has 16 heterocycles. The van der Waals surface area contributed by atoms with Crippen LogP contribution in [0.25, 0.3) is 0 Å². The summed E-state index contributed by atoms with van der Waals surface area (Å²) in [6, 6.07) is 0. The van der Waals surface area contributed by atoms with E-state index in [0.717, 1.165) is 30.4 Å². The molecule has 452 valence electrons. The first kappa shape index (κ1) is 55.8. The Balaban J connectivity index is 0.660. The van der Waals surface area contributed by atoms with Crippen molar-refractivity contribution in [1.29, 1.82) is 0 Å². The molecule has 16 rings (SSSR count). The van der Waals surface area contributed by atoms with Gasteiger partial charge in [-0.2, -0.15) is 0 Å². The lowest BCUT2D eigenvalue weighted by Crippen LogP contribution is -2.63. The summed E-state index contributed by atoms with van der Waals surface area (Å²) in [4.78, 5) is 14.6. The van der Waals surface area contributed by atoms with Crippen LogP contribution in [0.4, 0.5) is 0 Å². The second kappa shape index (κ2) is 20.4. The van der Waals surface area contributed by atoms with Gasteiger partial charge in [-0.05, 0) is 80.8 Å². The van der Waals surface area contributed by atoms with Gasteiger partial charge in [0.05, 0.1) is 123 Å². The van der Waals surface area contributed by atoms with Gasteiger partial charge in [0.2, 0.25) is 0 Å². The third-order valence-corrected chi connectivity index (χ3v) is 22.5. The average Bonchev–Trinajstić information content (AvgIpc) is 4.41. The highest BCUT2D eigenvalue weighted by atomic mass is 16.8. The van der Waals surface area contributed by atoms with Crippen LogP contribution in [0.2, 0.25) is 0 Å². The second-order valence-corrected chi connectivity index (χ2v) is 28.2. The molecule has 16 aliphatic heterocycles. The van der Waals surface area contributed by atoms with Crippen LogP contribution in [-0.4, -0.2) is 209 Å². The van der Waals surface area contributed by atoms with E-state index >= 15 is 0 Å². The van der Waals surface area contributed by atoms with Crippen LogP contribution in [0.1, 0.15) is 144 Å². The van der Waals surface area contributed by atoms with E-state index < -0.39 is 109 Å². The number of esters is 1. The normalized spacial score (nSPS) is 57.9. The first-order valence-electron chi connectivity index (χ1n) is 31.3. The summed E-state index contributed by atoms with van der Waals surface area (Å²) < 4.78 is 103. The molecule has 33 atom stereocenters. The van der Waals surface area contributed by atoms with E-state index in [2.05, 4.69) is 40.9 Å². The minimum atomic E-state index is -1.35. The van der Waals surface area contributed by atoms with Crippen LogP contribution < -0.4 is 0 Å². The summed E-state index contributed by atoms with van der Waals surface area (Å²) in [6.07, 6.45) is -2.16. The Morgan fingerprint density at radius 2 is 1.27 bits per heavy atom. The van der Waals surface area contributed by atoms with Crippen molar-refractivity contribution in [1.82, 2.24) is 0 Å². The van der Waals surface area contributed by atoms with E-state index in [4.69, 9.17) is 71.1 Å². The number of aliphatic hydroxyl groups is 4.